The molecular formula is C26H26N2O2S. The number of aromatic nitrogens is 1. The lowest BCUT2D eigenvalue weighted by molar-refractivity contribution is 0.394. The largest absolute Gasteiger partial charge is 0.355 e. The van der Waals surface area contributed by atoms with Crippen molar-refractivity contribution in [2.24, 2.45) is 0 Å². The first-order chi connectivity index (χ1) is 14.9. The molecule has 5 rings (SSSR count). The van der Waals surface area contributed by atoms with Crippen LogP contribution in [0.5, 0.6) is 0 Å². The Labute approximate surface area is 183 Å². The standard InChI is InChI=1S/C26H26N2O2S/c1-18-10-11-19(15-24(18)26-16-21-6-3-4-9-25(21)27-26)14-20-7-5-8-22-17-28(31(2,29)30)13-12-23(20)22/h3-11,15-16,27H,12-14,17H2,1-2H3. The zero-order valence-electron chi connectivity index (χ0n) is 17.9. The summed E-state index contributed by atoms with van der Waals surface area (Å²) < 4.78 is 25.5. The molecule has 1 aliphatic rings. The smallest absolute Gasteiger partial charge is 0.211 e. The number of H-pyrrole nitrogens is 1. The number of benzene rings is 3. The van der Waals surface area contributed by atoms with Gasteiger partial charge in [0.1, 0.15) is 0 Å². The monoisotopic (exact) mass is 430 g/mol. The van der Waals surface area contributed by atoms with E-state index in [-0.39, 0.29) is 0 Å². The summed E-state index contributed by atoms with van der Waals surface area (Å²) in [6.45, 7) is 3.17. The summed E-state index contributed by atoms with van der Waals surface area (Å²) in [5, 5.41) is 1.22. The van der Waals surface area contributed by atoms with Gasteiger partial charge in [0.05, 0.1) is 6.26 Å². The fourth-order valence-electron chi connectivity index (χ4n) is 4.62. The van der Waals surface area contributed by atoms with Crippen molar-refractivity contribution in [2.45, 2.75) is 26.3 Å². The Kier molecular flexibility index (Phi) is 4.95. The topological polar surface area (TPSA) is 53.2 Å². The van der Waals surface area contributed by atoms with E-state index in [0.717, 1.165) is 29.6 Å². The van der Waals surface area contributed by atoms with E-state index in [9.17, 15) is 8.42 Å². The fraction of sp³-hybridized carbons (Fsp3) is 0.231. The molecule has 1 N–H and O–H groups in total. The van der Waals surface area contributed by atoms with Crippen LogP contribution >= 0.6 is 0 Å². The second-order valence-corrected chi connectivity index (χ2v) is 10.5. The number of hydrogen-bond acceptors (Lipinski definition) is 2. The lowest BCUT2D eigenvalue weighted by atomic mass is 9.90. The molecule has 2 heterocycles. The van der Waals surface area contributed by atoms with E-state index in [2.05, 4.69) is 72.6 Å². The summed E-state index contributed by atoms with van der Waals surface area (Å²) in [5.41, 5.74) is 9.73. The summed E-state index contributed by atoms with van der Waals surface area (Å²) in [7, 11) is -3.16. The summed E-state index contributed by atoms with van der Waals surface area (Å²) in [6, 6.07) is 23.5. The molecule has 0 saturated heterocycles. The Balaban J connectivity index is 1.47. The number of fused-ring (bicyclic) bond motifs is 2. The molecule has 31 heavy (non-hydrogen) atoms. The summed E-state index contributed by atoms with van der Waals surface area (Å²) >= 11 is 0. The molecule has 0 saturated carbocycles. The van der Waals surface area contributed by atoms with Crippen LogP contribution in [0.3, 0.4) is 0 Å². The van der Waals surface area contributed by atoms with Gasteiger partial charge in [0.15, 0.2) is 0 Å². The lowest BCUT2D eigenvalue weighted by Crippen LogP contribution is -2.35. The van der Waals surface area contributed by atoms with E-state index in [4.69, 9.17) is 0 Å². The molecule has 4 nitrogen and oxygen atoms in total. The quantitative estimate of drug-likeness (QED) is 0.492. The first-order valence-corrected chi connectivity index (χ1v) is 12.5. The summed E-state index contributed by atoms with van der Waals surface area (Å²) in [6.07, 6.45) is 2.90. The van der Waals surface area contributed by atoms with E-state index in [0.29, 0.717) is 13.1 Å². The highest BCUT2D eigenvalue weighted by Gasteiger charge is 2.24. The number of hydrogen-bond donors (Lipinski definition) is 1. The van der Waals surface area contributed by atoms with Crippen molar-refractivity contribution < 1.29 is 8.42 Å². The minimum absolute atomic E-state index is 0.468. The van der Waals surface area contributed by atoms with Gasteiger partial charge in [-0.25, -0.2) is 8.42 Å². The molecule has 0 bridgehead atoms. The zero-order chi connectivity index (χ0) is 21.6. The maximum Gasteiger partial charge on any atom is 0.211 e. The highest BCUT2D eigenvalue weighted by molar-refractivity contribution is 7.88. The van der Waals surface area contributed by atoms with Crippen molar-refractivity contribution in [2.75, 3.05) is 12.8 Å². The second-order valence-electron chi connectivity index (χ2n) is 8.50. The van der Waals surface area contributed by atoms with Gasteiger partial charge in [0, 0.05) is 35.2 Å². The van der Waals surface area contributed by atoms with Crippen LogP contribution in [-0.4, -0.2) is 30.5 Å². The highest BCUT2D eigenvalue weighted by Crippen LogP contribution is 2.30. The van der Waals surface area contributed by atoms with E-state index in [1.165, 1.54) is 39.5 Å². The molecule has 1 aliphatic heterocycles. The molecule has 0 unspecified atom stereocenters. The lowest BCUT2D eigenvalue weighted by Gasteiger charge is -2.28. The van der Waals surface area contributed by atoms with Gasteiger partial charge in [-0.3, -0.25) is 0 Å². The first kappa shape index (κ1) is 20.0. The number of para-hydroxylation sites is 1. The third-order valence-corrected chi connectivity index (χ3v) is 7.56. The molecule has 1 aromatic heterocycles. The molecule has 5 heteroatoms. The van der Waals surface area contributed by atoms with Crippen LogP contribution in [0.4, 0.5) is 0 Å². The summed E-state index contributed by atoms with van der Waals surface area (Å²) in [5.74, 6) is 0. The van der Waals surface area contributed by atoms with Crippen LogP contribution in [0.25, 0.3) is 22.2 Å². The van der Waals surface area contributed by atoms with Gasteiger partial charge < -0.3 is 4.98 Å². The average Bonchev–Trinajstić information content (AvgIpc) is 3.18. The Hall–Kier alpha value is -2.89. The van der Waals surface area contributed by atoms with Crippen LogP contribution in [0.1, 0.15) is 27.8 Å². The predicted octanol–water partition coefficient (Wildman–Crippen LogP) is 5.05. The molecule has 0 amide bonds. The minimum Gasteiger partial charge on any atom is -0.355 e. The Morgan fingerprint density at radius 3 is 2.65 bits per heavy atom. The van der Waals surface area contributed by atoms with Crippen LogP contribution < -0.4 is 0 Å². The van der Waals surface area contributed by atoms with Crippen molar-refractivity contribution in [3.63, 3.8) is 0 Å². The van der Waals surface area contributed by atoms with E-state index in [1.54, 1.807) is 4.31 Å². The van der Waals surface area contributed by atoms with Gasteiger partial charge in [0.2, 0.25) is 10.0 Å². The number of aryl methyl sites for hydroxylation is 1. The summed E-state index contributed by atoms with van der Waals surface area (Å²) in [4.78, 5) is 3.55. The van der Waals surface area contributed by atoms with Gasteiger partial charge in [0.25, 0.3) is 0 Å². The van der Waals surface area contributed by atoms with Gasteiger partial charge in [-0.2, -0.15) is 4.31 Å². The first-order valence-electron chi connectivity index (χ1n) is 10.6. The number of sulfonamides is 1. The van der Waals surface area contributed by atoms with Gasteiger partial charge in [-0.1, -0.05) is 48.5 Å². The Morgan fingerprint density at radius 1 is 1.00 bits per heavy atom. The number of aromatic amines is 1. The minimum atomic E-state index is -3.16. The zero-order valence-corrected chi connectivity index (χ0v) is 18.7. The second kappa shape index (κ2) is 7.66. The van der Waals surface area contributed by atoms with Crippen molar-refractivity contribution in [3.05, 3.63) is 94.5 Å². The molecule has 0 fully saturated rings. The van der Waals surface area contributed by atoms with E-state index in [1.807, 2.05) is 6.07 Å². The number of nitrogens with one attached hydrogen (secondary N) is 1. The van der Waals surface area contributed by atoms with Crippen molar-refractivity contribution in [3.8, 4) is 11.3 Å². The molecule has 0 atom stereocenters. The van der Waals surface area contributed by atoms with Crippen LogP contribution in [0, 0.1) is 6.92 Å². The van der Waals surface area contributed by atoms with E-state index >= 15 is 0 Å². The molecular weight excluding hydrogens is 404 g/mol. The highest BCUT2D eigenvalue weighted by atomic mass is 32.2. The third-order valence-electron chi connectivity index (χ3n) is 6.31. The molecule has 4 aromatic rings. The van der Waals surface area contributed by atoms with Gasteiger partial charge in [-0.15, -0.1) is 0 Å². The maximum atomic E-state index is 12.0. The van der Waals surface area contributed by atoms with Crippen LogP contribution in [0.2, 0.25) is 0 Å². The number of rotatable bonds is 4. The fourth-order valence-corrected chi connectivity index (χ4v) is 5.42. The molecule has 158 valence electrons. The van der Waals surface area contributed by atoms with E-state index < -0.39 is 10.0 Å². The van der Waals surface area contributed by atoms with Crippen molar-refractivity contribution in [1.29, 1.82) is 0 Å². The van der Waals surface area contributed by atoms with Crippen molar-refractivity contribution in [1.82, 2.24) is 9.29 Å². The predicted molar refractivity (Wildman–Crippen MR) is 127 cm³/mol. The normalized spacial score (nSPS) is 14.6. The van der Waals surface area contributed by atoms with Gasteiger partial charge in [-0.05, 0) is 65.8 Å². The van der Waals surface area contributed by atoms with Crippen LogP contribution in [-0.2, 0) is 29.4 Å². The molecule has 0 aliphatic carbocycles. The Bertz CT molecular complexity index is 1350. The molecule has 0 spiro atoms. The SMILES string of the molecule is Cc1ccc(Cc2cccc3c2CCN(S(C)(=O)=O)C3)cc1-c1cc2ccccc2[nH]1. The maximum absolute atomic E-state index is 12.0. The third kappa shape index (κ3) is 3.91. The number of nitrogens with zero attached hydrogens (tertiary/aromatic N) is 1. The molecule has 3 aromatic carbocycles. The average molecular weight is 431 g/mol. The molecule has 0 radical (unpaired) electrons. The van der Waals surface area contributed by atoms with Crippen molar-refractivity contribution >= 4 is 20.9 Å². The Morgan fingerprint density at radius 2 is 1.84 bits per heavy atom. The van der Waals surface area contributed by atoms with Crippen LogP contribution in [0.15, 0.2) is 66.7 Å². The van der Waals surface area contributed by atoms with Gasteiger partial charge >= 0.3 is 0 Å².